The van der Waals surface area contributed by atoms with Crippen molar-refractivity contribution in [3.05, 3.63) is 72.8 Å². The summed E-state index contributed by atoms with van der Waals surface area (Å²) in [5.74, 6) is 2.56. The van der Waals surface area contributed by atoms with E-state index in [1.165, 1.54) is 14.7 Å². The maximum Gasteiger partial charge on any atom is 0.119 e. The van der Waals surface area contributed by atoms with E-state index in [1.807, 2.05) is 36.4 Å². The van der Waals surface area contributed by atoms with Crippen molar-refractivity contribution in [1.29, 1.82) is 0 Å². The first-order valence-corrected chi connectivity index (χ1v) is 10.4. The quantitative estimate of drug-likeness (QED) is 0.565. The highest BCUT2D eigenvalue weighted by Gasteiger charge is 2.27. The minimum Gasteiger partial charge on any atom is -0.497 e. The SMILES string of the molecule is COc1cccc(S(C)(c2cccc(OC)c2)c2cccc(OC)c2)c1. The minimum atomic E-state index is -1.51. The predicted molar refractivity (Wildman–Crippen MR) is 107 cm³/mol. The monoisotopic (exact) mass is 368 g/mol. The molecule has 0 fully saturated rings. The van der Waals surface area contributed by atoms with Gasteiger partial charge in [0, 0.05) is 14.7 Å². The van der Waals surface area contributed by atoms with E-state index >= 15 is 0 Å². The largest absolute Gasteiger partial charge is 0.497 e. The fraction of sp³-hybridized carbons (Fsp3) is 0.182. The zero-order chi connectivity index (χ0) is 18.6. The van der Waals surface area contributed by atoms with E-state index in [-0.39, 0.29) is 0 Å². The van der Waals surface area contributed by atoms with Crippen LogP contribution in [0.4, 0.5) is 0 Å². The molecule has 0 N–H and O–H groups in total. The van der Waals surface area contributed by atoms with Gasteiger partial charge in [-0.05, 0) is 60.9 Å². The summed E-state index contributed by atoms with van der Waals surface area (Å²) < 4.78 is 16.4. The number of methoxy groups -OCH3 is 3. The molecule has 0 aromatic heterocycles. The van der Waals surface area contributed by atoms with Gasteiger partial charge in [-0.2, -0.15) is 10.0 Å². The highest BCUT2D eigenvalue weighted by molar-refractivity contribution is 8.33. The first-order chi connectivity index (χ1) is 12.6. The second-order valence-electron chi connectivity index (χ2n) is 5.96. The van der Waals surface area contributed by atoms with Gasteiger partial charge < -0.3 is 14.2 Å². The van der Waals surface area contributed by atoms with Crippen LogP contribution in [0.5, 0.6) is 17.2 Å². The maximum atomic E-state index is 5.48. The number of benzene rings is 3. The van der Waals surface area contributed by atoms with Gasteiger partial charge in [0.25, 0.3) is 0 Å². The maximum absolute atomic E-state index is 5.48. The third-order valence-corrected chi connectivity index (χ3v) is 8.13. The molecule has 0 aliphatic rings. The molecule has 0 spiro atoms. The molecular weight excluding hydrogens is 344 g/mol. The molecule has 0 heterocycles. The summed E-state index contributed by atoms with van der Waals surface area (Å²) in [6, 6.07) is 24.9. The fourth-order valence-electron chi connectivity index (χ4n) is 2.97. The smallest absolute Gasteiger partial charge is 0.119 e. The van der Waals surface area contributed by atoms with Gasteiger partial charge in [-0.15, -0.1) is 0 Å². The second kappa shape index (κ2) is 7.75. The Labute approximate surface area is 156 Å². The zero-order valence-electron chi connectivity index (χ0n) is 15.6. The van der Waals surface area contributed by atoms with Gasteiger partial charge in [-0.3, -0.25) is 0 Å². The van der Waals surface area contributed by atoms with E-state index in [4.69, 9.17) is 14.2 Å². The van der Waals surface area contributed by atoms with Gasteiger partial charge in [0.1, 0.15) is 17.2 Å². The number of hydrogen-bond acceptors (Lipinski definition) is 3. The summed E-state index contributed by atoms with van der Waals surface area (Å²) >= 11 is 0. The average molecular weight is 368 g/mol. The average Bonchev–Trinajstić information content (AvgIpc) is 2.73. The molecule has 0 atom stereocenters. The normalized spacial score (nSPS) is 11.7. The van der Waals surface area contributed by atoms with Crippen LogP contribution in [-0.2, 0) is 0 Å². The van der Waals surface area contributed by atoms with Crippen LogP contribution in [0, 0.1) is 0 Å². The lowest BCUT2D eigenvalue weighted by Gasteiger charge is -2.38. The summed E-state index contributed by atoms with van der Waals surface area (Å²) in [6.45, 7) is 0. The molecule has 3 rings (SSSR count). The third kappa shape index (κ3) is 3.37. The van der Waals surface area contributed by atoms with Crippen molar-refractivity contribution in [3.8, 4) is 17.2 Å². The van der Waals surface area contributed by atoms with Crippen LogP contribution in [0.3, 0.4) is 0 Å². The van der Waals surface area contributed by atoms with Crippen molar-refractivity contribution in [3.63, 3.8) is 0 Å². The molecule has 0 amide bonds. The van der Waals surface area contributed by atoms with Gasteiger partial charge >= 0.3 is 0 Å². The fourth-order valence-corrected chi connectivity index (χ4v) is 5.90. The molecule has 0 bridgehead atoms. The van der Waals surface area contributed by atoms with Crippen LogP contribution in [0.2, 0.25) is 0 Å². The minimum absolute atomic E-state index is 0.854. The molecule has 0 radical (unpaired) electrons. The lowest BCUT2D eigenvalue weighted by molar-refractivity contribution is 0.413. The first kappa shape index (κ1) is 18.2. The van der Waals surface area contributed by atoms with Crippen LogP contribution in [-0.4, -0.2) is 27.6 Å². The Balaban J connectivity index is 2.26. The third-order valence-electron chi connectivity index (χ3n) is 4.54. The summed E-state index contributed by atoms with van der Waals surface area (Å²) in [6.07, 6.45) is 2.30. The topological polar surface area (TPSA) is 27.7 Å². The Bertz CT molecular complexity index is 776. The zero-order valence-corrected chi connectivity index (χ0v) is 16.4. The molecule has 0 unspecified atom stereocenters. The van der Waals surface area contributed by atoms with Gasteiger partial charge in [-0.25, -0.2) is 0 Å². The van der Waals surface area contributed by atoms with Crippen molar-refractivity contribution in [2.45, 2.75) is 14.7 Å². The van der Waals surface area contributed by atoms with Crippen molar-refractivity contribution < 1.29 is 14.2 Å². The summed E-state index contributed by atoms with van der Waals surface area (Å²) in [5.41, 5.74) is 0. The molecule has 26 heavy (non-hydrogen) atoms. The first-order valence-electron chi connectivity index (χ1n) is 8.32. The highest BCUT2D eigenvalue weighted by Crippen LogP contribution is 2.66. The van der Waals surface area contributed by atoms with E-state index in [0.29, 0.717) is 0 Å². The molecular formula is C22H24O3S. The number of rotatable bonds is 6. The van der Waals surface area contributed by atoms with E-state index in [2.05, 4.69) is 42.7 Å². The Kier molecular flexibility index (Phi) is 5.43. The molecule has 0 aliphatic carbocycles. The van der Waals surface area contributed by atoms with Crippen LogP contribution < -0.4 is 14.2 Å². The molecule has 4 heteroatoms. The summed E-state index contributed by atoms with van der Waals surface area (Å²) in [4.78, 5) is 3.66. The van der Waals surface area contributed by atoms with Crippen LogP contribution in [0.15, 0.2) is 87.5 Å². The van der Waals surface area contributed by atoms with E-state index in [9.17, 15) is 0 Å². The summed E-state index contributed by atoms with van der Waals surface area (Å²) in [7, 11) is 3.58. The standard InChI is InChI=1S/C22H24O3S/c1-23-17-8-5-11-20(14-17)26(4,21-12-6-9-18(15-21)24-2)22-13-7-10-19(16-22)25-3/h5-16H,1-4H3. The van der Waals surface area contributed by atoms with Crippen molar-refractivity contribution in [2.24, 2.45) is 0 Å². The van der Waals surface area contributed by atoms with Gasteiger partial charge in [0.15, 0.2) is 0 Å². The van der Waals surface area contributed by atoms with Crippen molar-refractivity contribution in [2.75, 3.05) is 27.6 Å². The Morgan fingerprint density at radius 2 is 0.846 bits per heavy atom. The Hall–Kier alpha value is -2.59. The van der Waals surface area contributed by atoms with Crippen molar-refractivity contribution in [1.82, 2.24) is 0 Å². The molecule has 0 aliphatic heterocycles. The van der Waals surface area contributed by atoms with Crippen LogP contribution in [0.1, 0.15) is 0 Å². The number of hydrogen-bond donors (Lipinski definition) is 0. The van der Waals surface area contributed by atoms with E-state index in [1.54, 1.807) is 21.3 Å². The van der Waals surface area contributed by atoms with E-state index < -0.39 is 10.0 Å². The Morgan fingerprint density at radius 1 is 0.538 bits per heavy atom. The lowest BCUT2D eigenvalue weighted by atomic mass is 10.3. The van der Waals surface area contributed by atoms with Crippen molar-refractivity contribution >= 4 is 10.0 Å². The van der Waals surface area contributed by atoms with Gasteiger partial charge in [0.2, 0.25) is 0 Å². The Morgan fingerprint density at radius 3 is 1.12 bits per heavy atom. The molecule has 3 aromatic carbocycles. The molecule has 136 valence electrons. The highest BCUT2D eigenvalue weighted by atomic mass is 32.3. The van der Waals surface area contributed by atoms with Crippen LogP contribution >= 0.6 is 10.0 Å². The van der Waals surface area contributed by atoms with Crippen LogP contribution in [0.25, 0.3) is 0 Å². The van der Waals surface area contributed by atoms with Gasteiger partial charge in [-0.1, -0.05) is 18.2 Å². The summed E-state index contributed by atoms with van der Waals surface area (Å²) in [5, 5.41) is 0. The number of ether oxygens (including phenoxy) is 3. The molecule has 3 nitrogen and oxygen atoms in total. The molecule has 0 saturated carbocycles. The molecule has 3 aromatic rings. The van der Waals surface area contributed by atoms with Gasteiger partial charge in [0.05, 0.1) is 21.3 Å². The predicted octanol–water partition coefficient (Wildman–Crippen LogP) is 5.62. The van der Waals surface area contributed by atoms with E-state index in [0.717, 1.165) is 17.2 Å². The lowest BCUT2D eigenvalue weighted by Crippen LogP contribution is -2.03. The molecule has 0 saturated heterocycles. The second-order valence-corrected chi connectivity index (χ2v) is 9.21.